The molecule has 1 aliphatic carbocycles. The molecule has 0 spiro atoms. The number of methoxy groups -OCH3 is 1. The molecule has 0 amide bonds. The van der Waals surface area contributed by atoms with Crippen LogP contribution in [0.4, 0.5) is 8.78 Å². The van der Waals surface area contributed by atoms with E-state index in [1.807, 2.05) is 10.6 Å². The van der Waals surface area contributed by atoms with E-state index in [0.29, 0.717) is 35.5 Å². The second-order valence-corrected chi connectivity index (χ2v) is 10.9. The van der Waals surface area contributed by atoms with Crippen molar-refractivity contribution in [1.29, 1.82) is 10.5 Å². The Hall–Kier alpha value is -5.75. The zero-order valence-electron chi connectivity index (χ0n) is 24.1. The lowest BCUT2D eigenvalue weighted by molar-refractivity contribution is 0.0594. The van der Waals surface area contributed by atoms with Gasteiger partial charge in [0.05, 0.1) is 30.5 Å². The molecule has 3 heterocycles. The Morgan fingerprint density at radius 3 is 2.58 bits per heavy atom. The summed E-state index contributed by atoms with van der Waals surface area (Å²) in [4.78, 5) is 29.8. The van der Waals surface area contributed by atoms with Crippen LogP contribution < -0.4 is 4.74 Å². The second kappa shape index (κ2) is 12.1. The van der Waals surface area contributed by atoms with Crippen molar-refractivity contribution in [3.05, 3.63) is 101 Å². The van der Waals surface area contributed by atoms with Crippen LogP contribution in [0.15, 0.2) is 60.8 Å². The predicted molar refractivity (Wildman–Crippen MR) is 156 cm³/mol. The van der Waals surface area contributed by atoms with Crippen molar-refractivity contribution in [1.82, 2.24) is 24.5 Å². The normalized spacial score (nSPS) is 13.2. The maximum Gasteiger partial charge on any atom is 0.356 e. The van der Waals surface area contributed by atoms with Gasteiger partial charge in [0, 0.05) is 42.1 Å². The highest BCUT2D eigenvalue weighted by atomic mass is 19.1. The highest BCUT2D eigenvalue weighted by Crippen LogP contribution is 2.50. The molecular formula is C33H25F2N7O3. The van der Waals surface area contributed by atoms with Crippen molar-refractivity contribution >= 4 is 17.1 Å². The number of benzene rings is 2. The van der Waals surface area contributed by atoms with E-state index in [9.17, 15) is 14.4 Å². The molecule has 10 nitrogen and oxygen atoms in total. The van der Waals surface area contributed by atoms with Gasteiger partial charge in [-0.25, -0.2) is 28.5 Å². The number of fused-ring (bicyclic) bond motifs is 1. The first kappa shape index (κ1) is 29.3. The van der Waals surface area contributed by atoms with Gasteiger partial charge in [-0.15, -0.1) is 0 Å². The summed E-state index contributed by atoms with van der Waals surface area (Å²) in [5.74, 6) is -1.05. The highest BCUT2D eigenvalue weighted by molar-refractivity contribution is 5.89. The van der Waals surface area contributed by atoms with Gasteiger partial charge in [-0.05, 0) is 60.9 Å². The number of hydrogen-bond donors (Lipinski definition) is 0. The van der Waals surface area contributed by atoms with Gasteiger partial charge in [-0.2, -0.15) is 15.5 Å². The molecule has 0 aliphatic heterocycles. The molecule has 3 aromatic heterocycles. The number of aromatic nitrogens is 5. The molecule has 0 saturated heterocycles. The molecule has 0 N–H and O–H groups in total. The van der Waals surface area contributed by atoms with Crippen LogP contribution in [-0.4, -0.2) is 37.6 Å². The molecular weight excluding hydrogens is 580 g/mol. The molecule has 0 radical (unpaired) electrons. The van der Waals surface area contributed by atoms with Crippen LogP contribution in [0.5, 0.6) is 6.01 Å². The Kier molecular flexibility index (Phi) is 7.88. The van der Waals surface area contributed by atoms with Gasteiger partial charge in [-0.3, -0.25) is 0 Å². The average molecular weight is 606 g/mol. The fourth-order valence-electron chi connectivity index (χ4n) is 5.13. The van der Waals surface area contributed by atoms with Crippen LogP contribution in [-0.2, 0) is 24.3 Å². The number of hydrogen-bond acceptors (Lipinski definition) is 9. The molecule has 1 saturated carbocycles. The topological polar surface area (TPSA) is 140 Å². The number of nitrogens with zero attached hydrogens (tertiary/aromatic N) is 7. The van der Waals surface area contributed by atoms with Crippen molar-refractivity contribution in [3.63, 3.8) is 0 Å². The third-order valence-electron chi connectivity index (χ3n) is 7.81. The summed E-state index contributed by atoms with van der Waals surface area (Å²) < 4.78 is 42.1. The Labute approximate surface area is 256 Å². The van der Waals surface area contributed by atoms with E-state index in [0.717, 1.165) is 18.9 Å². The summed E-state index contributed by atoms with van der Waals surface area (Å²) in [5.41, 5.74) is 2.61. The third-order valence-corrected chi connectivity index (χ3v) is 7.81. The number of carbonyl (C=O) groups is 1. The average Bonchev–Trinajstić information content (AvgIpc) is 3.73. The SMILES string of the molecule is COC(=O)c1ccc2nc(Cc3ccc(-c4ccnc(OCc5ccc(C#N)cc5F)n4)c(F)c3)n(CC3(CC#N)CC3)c2n1. The van der Waals surface area contributed by atoms with E-state index < -0.39 is 17.6 Å². The lowest BCUT2D eigenvalue weighted by atomic mass is 10.0. The first-order chi connectivity index (χ1) is 21.8. The van der Waals surface area contributed by atoms with Crippen molar-refractivity contribution in [2.75, 3.05) is 7.11 Å². The van der Waals surface area contributed by atoms with Gasteiger partial charge < -0.3 is 14.0 Å². The van der Waals surface area contributed by atoms with Crippen LogP contribution in [0.1, 0.15) is 52.3 Å². The molecule has 0 atom stereocenters. The predicted octanol–water partition coefficient (Wildman–Crippen LogP) is 5.69. The Bertz CT molecular complexity index is 2030. The second-order valence-electron chi connectivity index (χ2n) is 10.9. The summed E-state index contributed by atoms with van der Waals surface area (Å²) in [6.07, 6.45) is 3.88. The van der Waals surface area contributed by atoms with Crippen LogP contribution in [0.2, 0.25) is 0 Å². The zero-order chi connectivity index (χ0) is 31.6. The number of ether oxygens (including phenoxy) is 2. The summed E-state index contributed by atoms with van der Waals surface area (Å²) in [6.45, 7) is 0.329. The van der Waals surface area contributed by atoms with Gasteiger partial charge in [0.25, 0.3) is 0 Å². The molecule has 0 unspecified atom stereocenters. The van der Waals surface area contributed by atoms with Gasteiger partial charge in [0.1, 0.15) is 29.6 Å². The largest absolute Gasteiger partial charge is 0.464 e. The van der Waals surface area contributed by atoms with Crippen LogP contribution in [0, 0.1) is 39.7 Å². The van der Waals surface area contributed by atoms with E-state index in [1.54, 1.807) is 30.3 Å². The Morgan fingerprint density at radius 1 is 1.02 bits per heavy atom. The minimum Gasteiger partial charge on any atom is -0.464 e. The minimum absolute atomic E-state index is 0.0568. The Morgan fingerprint density at radius 2 is 1.87 bits per heavy atom. The third kappa shape index (κ3) is 6.17. The van der Waals surface area contributed by atoms with E-state index in [-0.39, 0.29) is 52.5 Å². The molecule has 6 rings (SSSR count). The van der Waals surface area contributed by atoms with Crippen molar-refractivity contribution in [2.24, 2.45) is 5.41 Å². The summed E-state index contributed by atoms with van der Waals surface area (Å²) in [7, 11) is 1.29. The lowest BCUT2D eigenvalue weighted by Crippen LogP contribution is -2.15. The highest BCUT2D eigenvalue weighted by Gasteiger charge is 2.43. The van der Waals surface area contributed by atoms with Gasteiger partial charge in [0.2, 0.25) is 0 Å². The number of nitriles is 2. The summed E-state index contributed by atoms with van der Waals surface area (Å²) in [6, 6.07) is 17.7. The lowest BCUT2D eigenvalue weighted by Gasteiger charge is -2.15. The van der Waals surface area contributed by atoms with E-state index >= 15 is 4.39 Å². The number of imidazole rings is 1. The number of halogens is 2. The number of rotatable bonds is 10. The first-order valence-electron chi connectivity index (χ1n) is 14.1. The molecule has 5 aromatic rings. The van der Waals surface area contributed by atoms with Gasteiger partial charge >= 0.3 is 12.0 Å². The number of carbonyl (C=O) groups excluding carboxylic acids is 1. The van der Waals surface area contributed by atoms with Gasteiger partial charge in [0.15, 0.2) is 11.3 Å². The van der Waals surface area contributed by atoms with E-state index in [1.165, 1.54) is 31.5 Å². The maximum absolute atomic E-state index is 15.5. The van der Waals surface area contributed by atoms with Crippen LogP contribution >= 0.6 is 0 Å². The molecule has 0 bridgehead atoms. The summed E-state index contributed by atoms with van der Waals surface area (Å²) >= 11 is 0. The van der Waals surface area contributed by atoms with Crippen molar-refractivity contribution in [2.45, 2.75) is 38.8 Å². The quantitative estimate of drug-likeness (QED) is 0.184. The molecule has 45 heavy (non-hydrogen) atoms. The molecule has 2 aromatic carbocycles. The van der Waals surface area contributed by atoms with Crippen molar-refractivity contribution in [3.8, 4) is 29.4 Å². The fraction of sp³-hybridized carbons (Fsp3) is 0.242. The van der Waals surface area contributed by atoms with Crippen molar-refractivity contribution < 1.29 is 23.0 Å². The monoisotopic (exact) mass is 605 g/mol. The van der Waals surface area contributed by atoms with E-state index in [2.05, 4.69) is 21.0 Å². The first-order valence-corrected chi connectivity index (χ1v) is 14.1. The van der Waals surface area contributed by atoms with Crippen LogP contribution in [0.25, 0.3) is 22.4 Å². The fourth-order valence-corrected chi connectivity index (χ4v) is 5.13. The Balaban J connectivity index is 1.25. The minimum atomic E-state index is -0.586. The zero-order valence-corrected chi connectivity index (χ0v) is 24.1. The molecule has 224 valence electrons. The van der Waals surface area contributed by atoms with Crippen LogP contribution in [0.3, 0.4) is 0 Å². The standard InChI is InChI=1S/C33H25F2N7O3/c1-44-31(43)28-7-6-27-30(40-28)42(19-33(9-10-33)11-12-36)29(39-27)16-20-3-5-23(25(35)14-20)26-8-13-38-32(41-26)45-18-22-4-2-21(17-37)15-24(22)34/h2-8,13-15H,9-11,16,18-19H2,1H3. The summed E-state index contributed by atoms with van der Waals surface area (Å²) in [5, 5.41) is 18.3. The number of esters is 1. The molecule has 1 fully saturated rings. The number of pyridine rings is 1. The molecule has 1 aliphatic rings. The smallest absolute Gasteiger partial charge is 0.356 e. The van der Waals surface area contributed by atoms with E-state index in [4.69, 9.17) is 19.7 Å². The molecule has 12 heteroatoms. The van der Waals surface area contributed by atoms with Gasteiger partial charge in [-0.1, -0.05) is 12.1 Å². The maximum atomic E-state index is 15.5.